The van der Waals surface area contributed by atoms with E-state index in [9.17, 15) is 19.2 Å². The molecule has 10 rings (SSSR count). The van der Waals surface area contributed by atoms with Gasteiger partial charge in [-0.15, -0.1) is 0 Å². The fourth-order valence-electron chi connectivity index (χ4n) is 10.7. The summed E-state index contributed by atoms with van der Waals surface area (Å²) < 4.78 is 14.2. The Hall–Kier alpha value is -5.45. The summed E-state index contributed by atoms with van der Waals surface area (Å²) in [4.78, 5) is 75.1. The summed E-state index contributed by atoms with van der Waals surface area (Å²) >= 11 is 0. The number of carbonyl (C=O) groups is 3. The molecule has 6 aliphatic rings. The minimum absolute atomic E-state index is 0.0125. The first-order valence-corrected chi connectivity index (χ1v) is 23.0. The number of nitrogens with zero attached hydrogens (tertiary/aromatic N) is 8. The van der Waals surface area contributed by atoms with Gasteiger partial charge in [-0.05, 0) is 99.9 Å². The molecule has 2 N–H and O–H groups in total. The Morgan fingerprint density at radius 3 is 2.52 bits per heavy atom. The second-order valence-electron chi connectivity index (χ2n) is 18.4. The maximum atomic E-state index is 13.6. The van der Waals surface area contributed by atoms with Gasteiger partial charge >= 0.3 is 0 Å². The molecule has 1 atom stereocenters. The number of hydrogen-bond donors (Lipinski definition) is 2. The molecule has 1 spiro atoms. The molecule has 16 heteroatoms. The molecule has 5 aliphatic heterocycles. The minimum Gasteiger partial charge on any atom is -0.483 e. The zero-order valence-corrected chi connectivity index (χ0v) is 36.5. The number of carbonyl (C=O) groups excluding carboxylic acids is 3. The normalized spacial score (nSPS) is 21.1. The highest BCUT2D eigenvalue weighted by Gasteiger charge is 2.49. The van der Waals surface area contributed by atoms with Gasteiger partial charge in [0.1, 0.15) is 22.8 Å². The van der Waals surface area contributed by atoms with E-state index >= 15 is 0 Å². The van der Waals surface area contributed by atoms with Crippen LogP contribution in [0.4, 0.5) is 17.5 Å². The van der Waals surface area contributed by atoms with Crippen molar-refractivity contribution >= 4 is 46.1 Å². The van der Waals surface area contributed by atoms with Gasteiger partial charge in [-0.25, -0.2) is 9.97 Å². The molecule has 4 aromatic rings. The SMILES string of the molecule is CC(=O)c1c(C)c2cnc(Nc3ccc(N4CCN(CCOCCC(=O)N5CC6(CCc7cc8c(cc7O6)C(=O)N(C6CCCNC6)C8)C5)CC4)cn3)nc2n(C2CCCC2)c1=O. The van der Waals surface area contributed by atoms with E-state index in [1.807, 2.05) is 34.2 Å². The van der Waals surface area contributed by atoms with Crippen LogP contribution in [-0.4, -0.2) is 136 Å². The molecule has 2 amide bonds. The molecule has 3 aromatic heterocycles. The first-order chi connectivity index (χ1) is 30.6. The lowest BCUT2D eigenvalue weighted by molar-refractivity contribution is -0.154. The van der Waals surface area contributed by atoms with Gasteiger partial charge in [0.05, 0.1) is 50.2 Å². The number of piperazine rings is 1. The number of pyridine rings is 2. The number of ketones is 1. The predicted octanol–water partition coefficient (Wildman–Crippen LogP) is 4.40. The number of aromatic nitrogens is 4. The van der Waals surface area contributed by atoms with Gasteiger partial charge in [0.25, 0.3) is 11.5 Å². The van der Waals surface area contributed by atoms with E-state index in [1.165, 1.54) is 12.5 Å². The van der Waals surface area contributed by atoms with E-state index in [4.69, 9.17) is 14.5 Å². The van der Waals surface area contributed by atoms with E-state index < -0.39 is 0 Å². The lowest BCUT2D eigenvalue weighted by Gasteiger charge is -2.51. The van der Waals surface area contributed by atoms with E-state index in [2.05, 4.69) is 36.5 Å². The van der Waals surface area contributed by atoms with Crippen molar-refractivity contribution in [2.24, 2.45) is 0 Å². The van der Waals surface area contributed by atoms with E-state index in [1.54, 1.807) is 17.7 Å². The molecule has 3 saturated heterocycles. The van der Waals surface area contributed by atoms with Crippen molar-refractivity contribution in [1.82, 2.24) is 39.5 Å². The first kappa shape index (κ1) is 41.6. The highest BCUT2D eigenvalue weighted by Crippen LogP contribution is 2.42. The minimum atomic E-state index is -0.372. The third-order valence-electron chi connectivity index (χ3n) is 14.3. The summed E-state index contributed by atoms with van der Waals surface area (Å²) in [5.41, 5.74) is 4.82. The van der Waals surface area contributed by atoms with Gasteiger partial charge in [-0.1, -0.05) is 12.8 Å². The summed E-state index contributed by atoms with van der Waals surface area (Å²) in [7, 11) is 0. The van der Waals surface area contributed by atoms with Crippen molar-refractivity contribution in [3.05, 3.63) is 74.8 Å². The number of fused-ring (bicyclic) bond motifs is 3. The average molecular weight is 859 g/mol. The van der Waals surface area contributed by atoms with Crippen molar-refractivity contribution in [1.29, 1.82) is 0 Å². The van der Waals surface area contributed by atoms with Crippen LogP contribution in [0.1, 0.15) is 102 Å². The Bertz CT molecular complexity index is 2470. The molecule has 8 heterocycles. The Morgan fingerprint density at radius 2 is 1.78 bits per heavy atom. The van der Waals surface area contributed by atoms with E-state index in [-0.39, 0.29) is 46.4 Å². The zero-order chi connectivity index (χ0) is 43.2. The first-order valence-electron chi connectivity index (χ1n) is 23.0. The maximum absolute atomic E-state index is 13.6. The average Bonchev–Trinajstić information content (AvgIpc) is 3.93. The number of rotatable bonds is 12. The molecule has 4 fully saturated rings. The monoisotopic (exact) mass is 858 g/mol. The number of aryl methyl sites for hydroxylation is 2. The number of amides is 2. The van der Waals surface area contributed by atoms with Crippen LogP contribution in [0.3, 0.4) is 0 Å². The maximum Gasteiger partial charge on any atom is 0.263 e. The summed E-state index contributed by atoms with van der Waals surface area (Å²) in [5.74, 6) is 1.71. The van der Waals surface area contributed by atoms with Crippen molar-refractivity contribution in [2.75, 3.05) is 82.3 Å². The summed E-state index contributed by atoms with van der Waals surface area (Å²) in [6.07, 6.45) is 11.7. The quantitative estimate of drug-likeness (QED) is 0.152. The Morgan fingerprint density at radius 1 is 0.968 bits per heavy atom. The van der Waals surface area contributed by atoms with Crippen LogP contribution in [0.15, 0.2) is 41.5 Å². The summed E-state index contributed by atoms with van der Waals surface area (Å²) in [6, 6.07) is 8.35. The van der Waals surface area contributed by atoms with Crippen LogP contribution in [-0.2, 0) is 22.5 Å². The summed E-state index contributed by atoms with van der Waals surface area (Å²) in [6.45, 7) is 12.2. The lowest BCUT2D eigenvalue weighted by atomic mass is 9.83. The van der Waals surface area contributed by atoms with Gasteiger partial charge in [-0.2, -0.15) is 4.98 Å². The van der Waals surface area contributed by atoms with Gasteiger partial charge < -0.3 is 34.8 Å². The van der Waals surface area contributed by atoms with E-state index in [0.717, 1.165) is 120 Å². The molecule has 1 aromatic carbocycles. The number of nitrogens with one attached hydrogen (secondary N) is 2. The topological polar surface area (TPSA) is 167 Å². The third kappa shape index (κ3) is 8.17. The number of benzene rings is 1. The van der Waals surface area contributed by atoms with Crippen molar-refractivity contribution in [3.63, 3.8) is 0 Å². The second kappa shape index (κ2) is 17.3. The van der Waals surface area contributed by atoms with Gasteiger partial charge in [0.15, 0.2) is 5.78 Å². The smallest absolute Gasteiger partial charge is 0.263 e. The Balaban J connectivity index is 0.649. The molecule has 0 bridgehead atoms. The highest BCUT2D eigenvalue weighted by molar-refractivity contribution is 6.00. The third-order valence-corrected chi connectivity index (χ3v) is 14.3. The van der Waals surface area contributed by atoms with Gasteiger partial charge in [0.2, 0.25) is 11.9 Å². The zero-order valence-electron chi connectivity index (χ0n) is 36.5. The number of hydrogen-bond acceptors (Lipinski definition) is 13. The highest BCUT2D eigenvalue weighted by atomic mass is 16.5. The van der Waals surface area contributed by atoms with Crippen LogP contribution in [0.5, 0.6) is 5.75 Å². The number of Topliss-reactive ketones (excluding diaryl/α,β-unsaturated/α-hetero) is 1. The number of piperidine rings is 1. The Labute approximate surface area is 367 Å². The molecule has 1 aliphatic carbocycles. The van der Waals surface area contributed by atoms with Gasteiger partial charge in [0, 0.05) is 75.0 Å². The largest absolute Gasteiger partial charge is 0.483 e. The van der Waals surface area contributed by atoms with Crippen molar-refractivity contribution in [3.8, 4) is 5.75 Å². The van der Waals surface area contributed by atoms with Crippen molar-refractivity contribution in [2.45, 2.75) is 95.9 Å². The number of anilines is 3. The molecule has 16 nitrogen and oxygen atoms in total. The molecule has 1 saturated carbocycles. The number of ether oxygens (including phenoxy) is 2. The predicted molar refractivity (Wildman–Crippen MR) is 238 cm³/mol. The summed E-state index contributed by atoms with van der Waals surface area (Å²) in [5, 5.41) is 7.36. The molecule has 0 radical (unpaired) electrons. The molecule has 63 heavy (non-hydrogen) atoms. The van der Waals surface area contributed by atoms with E-state index in [0.29, 0.717) is 67.6 Å². The van der Waals surface area contributed by atoms with Crippen LogP contribution in [0, 0.1) is 6.92 Å². The number of likely N-dealkylation sites (tertiary alicyclic amines) is 1. The Kier molecular flexibility index (Phi) is 11.4. The molecular formula is C47H58N10O6. The second-order valence-corrected chi connectivity index (χ2v) is 18.4. The molecular weight excluding hydrogens is 801 g/mol. The van der Waals surface area contributed by atoms with Crippen LogP contribution >= 0.6 is 0 Å². The van der Waals surface area contributed by atoms with Crippen LogP contribution in [0.25, 0.3) is 11.0 Å². The standard InChI is InChI=1S/C47H58N10O6/c1-30-38-26-50-46(52-43(38)57(34-6-3-4-7-34)45(61)42(30)31(2)58)51-40-10-9-35(25-49-40)54-17-15-53(16-18-54)19-21-62-20-12-41(59)55-28-47(29-55)13-11-32-22-33-27-56(36-8-5-14-48-24-36)44(60)37(33)23-39(32)63-47/h9-10,22-23,25-26,34,36,48H,3-8,11-21,24,27-29H2,1-2H3,(H,49,50,51,52). The lowest BCUT2D eigenvalue weighted by Crippen LogP contribution is -2.67. The van der Waals surface area contributed by atoms with Crippen LogP contribution in [0.2, 0.25) is 0 Å². The van der Waals surface area contributed by atoms with Gasteiger partial charge in [-0.3, -0.25) is 28.6 Å². The van der Waals surface area contributed by atoms with Crippen molar-refractivity contribution < 1.29 is 23.9 Å². The fourth-order valence-corrected chi connectivity index (χ4v) is 10.7. The fraction of sp³-hybridized carbons (Fsp3) is 0.553. The van der Waals surface area contributed by atoms with Crippen LogP contribution < -0.4 is 25.8 Å². The molecule has 1 unspecified atom stereocenters. The molecule has 332 valence electrons.